The third-order valence-corrected chi connectivity index (χ3v) is 6.58. The Bertz CT molecular complexity index is 1370. The van der Waals surface area contributed by atoms with Crippen molar-refractivity contribution in [2.75, 3.05) is 18.0 Å². The maximum atomic E-state index is 10.0. The summed E-state index contributed by atoms with van der Waals surface area (Å²) in [6.45, 7) is 6.22. The quantitative estimate of drug-likeness (QED) is 0.378. The molecule has 3 aromatic rings. The standard InChI is InChI=1S/C30H28N4O/c1-3-34(4-2)26-12-11-22-16-23-8-7-9-24(30(23)35-29(22)19-26)17-25(20-31)21-13-15-33-28(18-21)27-10-5-6-14-32-27/h5-6,10-19H,3-4,7-9H2,1-2H3/b25-17+. The molecule has 0 amide bonds. The molecular formula is C30H28N4O. The van der Waals surface area contributed by atoms with E-state index in [0.717, 1.165) is 77.6 Å². The third kappa shape index (κ3) is 4.61. The van der Waals surface area contributed by atoms with Gasteiger partial charge < -0.3 is 9.64 Å². The molecule has 1 aliphatic heterocycles. The van der Waals surface area contributed by atoms with Gasteiger partial charge in [0.15, 0.2) is 0 Å². The van der Waals surface area contributed by atoms with Crippen LogP contribution in [0.25, 0.3) is 23.0 Å². The summed E-state index contributed by atoms with van der Waals surface area (Å²) in [6, 6.07) is 18.4. The lowest BCUT2D eigenvalue weighted by molar-refractivity contribution is 0.410. The largest absolute Gasteiger partial charge is 0.456 e. The van der Waals surface area contributed by atoms with Gasteiger partial charge in [0.2, 0.25) is 0 Å². The summed E-state index contributed by atoms with van der Waals surface area (Å²) in [7, 11) is 0. The van der Waals surface area contributed by atoms with Crippen LogP contribution in [0.15, 0.2) is 83.9 Å². The Balaban J connectivity index is 1.52. The number of hydrogen-bond donors (Lipinski definition) is 0. The average Bonchev–Trinajstić information content (AvgIpc) is 2.92. The maximum Gasteiger partial charge on any atom is 0.136 e. The number of fused-ring (bicyclic) bond motifs is 2. The SMILES string of the molecule is CCN(CC)c1ccc2c(c1)OC1=C(/C=C(\C#N)c3ccnc(-c4ccccn4)c3)CCCC1=C2. The van der Waals surface area contributed by atoms with Gasteiger partial charge in [0.1, 0.15) is 11.5 Å². The van der Waals surface area contributed by atoms with Crippen LogP contribution in [0.5, 0.6) is 5.75 Å². The Labute approximate surface area is 206 Å². The fraction of sp³-hybridized carbons (Fsp3) is 0.233. The zero-order valence-electron chi connectivity index (χ0n) is 20.2. The number of benzene rings is 1. The van der Waals surface area contributed by atoms with E-state index in [4.69, 9.17) is 4.74 Å². The van der Waals surface area contributed by atoms with Crippen LogP contribution < -0.4 is 9.64 Å². The highest BCUT2D eigenvalue weighted by Gasteiger charge is 2.24. The van der Waals surface area contributed by atoms with E-state index in [1.807, 2.05) is 36.4 Å². The predicted molar refractivity (Wildman–Crippen MR) is 141 cm³/mol. The Morgan fingerprint density at radius 1 is 1.03 bits per heavy atom. The van der Waals surface area contributed by atoms with Crippen LogP contribution in [0.4, 0.5) is 5.69 Å². The summed E-state index contributed by atoms with van der Waals surface area (Å²) in [5.74, 6) is 1.77. The van der Waals surface area contributed by atoms with Crippen molar-refractivity contribution in [2.45, 2.75) is 33.1 Å². The first-order valence-electron chi connectivity index (χ1n) is 12.2. The highest BCUT2D eigenvalue weighted by atomic mass is 16.5. The highest BCUT2D eigenvalue weighted by Crippen LogP contribution is 2.41. The van der Waals surface area contributed by atoms with E-state index in [-0.39, 0.29) is 0 Å². The van der Waals surface area contributed by atoms with Crippen molar-refractivity contribution in [1.29, 1.82) is 5.26 Å². The fourth-order valence-electron chi connectivity index (χ4n) is 4.73. The van der Waals surface area contributed by atoms with Crippen molar-refractivity contribution >= 4 is 17.3 Å². The van der Waals surface area contributed by atoms with Crippen molar-refractivity contribution in [3.63, 3.8) is 0 Å². The van der Waals surface area contributed by atoms with Gasteiger partial charge in [0.25, 0.3) is 0 Å². The average molecular weight is 461 g/mol. The van der Waals surface area contributed by atoms with E-state index in [1.165, 1.54) is 5.57 Å². The van der Waals surface area contributed by atoms with E-state index in [0.29, 0.717) is 5.57 Å². The van der Waals surface area contributed by atoms with Crippen LogP contribution in [0.3, 0.4) is 0 Å². The summed E-state index contributed by atoms with van der Waals surface area (Å²) in [4.78, 5) is 11.2. The Hall–Kier alpha value is -4.17. The van der Waals surface area contributed by atoms with Gasteiger partial charge in [-0.25, -0.2) is 0 Å². The van der Waals surface area contributed by atoms with Crippen LogP contribution in [-0.4, -0.2) is 23.1 Å². The van der Waals surface area contributed by atoms with Gasteiger partial charge in [0.05, 0.1) is 23.0 Å². The van der Waals surface area contributed by atoms with Gasteiger partial charge in [0, 0.05) is 42.8 Å². The molecular weight excluding hydrogens is 432 g/mol. The van der Waals surface area contributed by atoms with E-state index in [1.54, 1.807) is 12.4 Å². The minimum atomic E-state index is 0.597. The second kappa shape index (κ2) is 9.99. The smallest absolute Gasteiger partial charge is 0.136 e. The number of ether oxygens (including phenoxy) is 1. The van der Waals surface area contributed by atoms with E-state index in [2.05, 4.69) is 59.1 Å². The molecule has 5 heteroatoms. The van der Waals surface area contributed by atoms with Crippen molar-refractivity contribution in [3.05, 3.63) is 95.0 Å². The molecule has 0 unspecified atom stereocenters. The van der Waals surface area contributed by atoms with Gasteiger partial charge in [-0.2, -0.15) is 5.26 Å². The number of pyridine rings is 2. The summed E-state index contributed by atoms with van der Waals surface area (Å²) in [5, 5.41) is 10.0. The summed E-state index contributed by atoms with van der Waals surface area (Å²) in [6.07, 6.45) is 10.6. The predicted octanol–water partition coefficient (Wildman–Crippen LogP) is 6.81. The van der Waals surface area contributed by atoms with Crippen molar-refractivity contribution in [2.24, 2.45) is 0 Å². The number of allylic oxidation sites excluding steroid dienone is 4. The molecule has 0 radical (unpaired) electrons. The van der Waals surface area contributed by atoms with Crippen LogP contribution in [0, 0.1) is 11.3 Å². The number of nitrogens with zero attached hydrogens (tertiary/aromatic N) is 4. The number of aromatic nitrogens is 2. The first-order valence-corrected chi connectivity index (χ1v) is 12.2. The molecule has 5 nitrogen and oxygen atoms in total. The Morgan fingerprint density at radius 3 is 2.66 bits per heavy atom. The van der Waals surface area contributed by atoms with Crippen LogP contribution in [-0.2, 0) is 0 Å². The van der Waals surface area contributed by atoms with E-state index >= 15 is 0 Å². The molecule has 0 N–H and O–H groups in total. The minimum Gasteiger partial charge on any atom is -0.456 e. The molecule has 2 aromatic heterocycles. The molecule has 1 aromatic carbocycles. The molecule has 0 bridgehead atoms. The fourth-order valence-corrected chi connectivity index (χ4v) is 4.73. The lowest BCUT2D eigenvalue weighted by Crippen LogP contribution is -2.22. The number of rotatable bonds is 6. The van der Waals surface area contributed by atoms with Gasteiger partial charge in [-0.3, -0.25) is 9.97 Å². The normalized spacial score (nSPS) is 14.9. The number of nitriles is 1. The second-order valence-electron chi connectivity index (χ2n) is 8.69. The molecule has 3 heterocycles. The molecule has 5 rings (SSSR count). The van der Waals surface area contributed by atoms with Gasteiger partial charge >= 0.3 is 0 Å². The van der Waals surface area contributed by atoms with Crippen LogP contribution >= 0.6 is 0 Å². The summed E-state index contributed by atoms with van der Waals surface area (Å²) in [5.41, 5.74) is 7.49. The summed E-state index contributed by atoms with van der Waals surface area (Å²) >= 11 is 0. The third-order valence-electron chi connectivity index (χ3n) is 6.58. The lowest BCUT2D eigenvalue weighted by atomic mass is 9.88. The topological polar surface area (TPSA) is 62.0 Å². The van der Waals surface area contributed by atoms with Crippen LogP contribution in [0.2, 0.25) is 0 Å². The van der Waals surface area contributed by atoms with Gasteiger partial charge in [-0.1, -0.05) is 6.07 Å². The highest BCUT2D eigenvalue weighted by molar-refractivity contribution is 5.81. The van der Waals surface area contributed by atoms with Crippen molar-refractivity contribution in [3.8, 4) is 23.2 Å². The zero-order chi connectivity index (χ0) is 24.2. The monoisotopic (exact) mass is 460 g/mol. The molecule has 0 fully saturated rings. The van der Waals surface area contributed by atoms with Crippen LogP contribution in [0.1, 0.15) is 44.2 Å². The molecule has 174 valence electrons. The number of hydrogen-bond acceptors (Lipinski definition) is 5. The van der Waals surface area contributed by atoms with E-state index in [9.17, 15) is 5.26 Å². The van der Waals surface area contributed by atoms with Crippen molar-refractivity contribution < 1.29 is 4.74 Å². The Morgan fingerprint density at radius 2 is 1.89 bits per heavy atom. The molecule has 0 saturated heterocycles. The molecule has 1 aliphatic carbocycles. The first kappa shape index (κ1) is 22.6. The molecule has 35 heavy (non-hydrogen) atoms. The molecule has 2 aliphatic rings. The number of anilines is 1. The minimum absolute atomic E-state index is 0.597. The van der Waals surface area contributed by atoms with Gasteiger partial charge in [-0.05, 0) is 98.4 Å². The molecule has 0 spiro atoms. The Kier molecular flexibility index (Phi) is 6.45. The lowest BCUT2D eigenvalue weighted by Gasteiger charge is -2.28. The second-order valence-corrected chi connectivity index (χ2v) is 8.69. The molecule has 0 atom stereocenters. The van der Waals surface area contributed by atoms with E-state index < -0.39 is 0 Å². The first-order chi connectivity index (χ1) is 17.2. The summed E-state index contributed by atoms with van der Waals surface area (Å²) < 4.78 is 6.51. The zero-order valence-corrected chi connectivity index (χ0v) is 20.2. The van der Waals surface area contributed by atoms with Gasteiger partial charge in [-0.15, -0.1) is 0 Å². The van der Waals surface area contributed by atoms with Crippen molar-refractivity contribution in [1.82, 2.24) is 9.97 Å². The molecule has 0 saturated carbocycles. The maximum absolute atomic E-state index is 10.0.